The van der Waals surface area contributed by atoms with Crippen LogP contribution >= 0.6 is 0 Å². The van der Waals surface area contributed by atoms with Gasteiger partial charge in [-0.1, -0.05) is 18.1 Å². The number of benzene rings is 1. The van der Waals surface area contributed by atoms with Crippen LogP contribution in [0.15, 0.2) is 61.3 Å². The van der Waals surface area contributed by atoms with Crippen molar-refractivity contribution >= 4 is 17.2 Å². The zero-order chi connectivity index (χ0) is 25.8. The maximum absolute atomic E-state index is 14.9. The van der Waals surface area contributed by atoms with Crippen LogP contribution in [0.3, 0.4) is 0 Å². The zero-order valence-corrected chi connectivity index (χ0v) is 20.4. The van der Waals surface area contributed by atoms with Gasteiger partial charge in [0.25, 0.3) is 0 Å². The number of phenolic OH excluding ortho intramolecular Hbond substituents is 1. The molecule has 1 aliphatic heterocycles. The minimum Gasteiger partial charge on any atom is -0.507 e. The third kappa shape index (κ3) is 5.30. The average molecular weight is 499 g/mol. The van der Waals surface area contributed by atoms with Gasteiger partial charge in [-0.15, -0.1) is 10.2 Å². The van der Waals surface area contributed by atoms with Crippen LogP contribution in [0.4, 0.5) is 21.6 Å². The van der Waals surface area contributed by atoms with Crippen molar-refractivity contribution in [1.29, 1.82) is 0 Å². The zero-order valence-electron chi connectivity index (χ0n) is 20.4. The summed E-state index contributed by atoms with van der Waals surface area (Å²) in [5.74, 6) is 6.13. The molecule has 0 unspecified atom stereocenters. The van der Waals surface area contributed by atoms with Gasteiger partial charge in [0.15, 0.2) is 11.6 Å². The number of rotatable bonds is 4. The second-order valence-corrected chi connectivity index (χ2v) is 8.89. The van der Waals surface area contributed by atoms with Gasteiger partial charge in [-0.3, -0.25) is 0 Å². The molecule has 188 valence electrons. The van der Waals surface area contributed by atoms with Crippen LogP contribution in [0.2, 0.25) is 0 Å². The molecule has 0 amide bonds. The van der Waals surface area contributed by atoms with Crippen molar-refractivity contribution in [2.75, 3.05) is 35.2 Å². The van der Waals surface area contributed by atoms with Crippen molar-refractivity contribution in [3.8, 4) is 28.8 Å². The van der Waals surface area contributed by atoms with Gasteiger partial charge in [-0.05, 0) is 43.5 Å². The second kappa shape index (κ2) is 10.5. The third-order valence-corrected chi connectivity index (χ3v) is 6.46. The molecule has 1 atom stereocenters. The molecule has 3 N–H and O–H groups in total. The number of pyridine rings is 1. The Morgan fingerprint density at radius 1 is 1.14 bits per heavy atom. The summed E-state index contributed by atoms with van der Waals surface area (Å²) in [6.45, 7) is 4.43. The maximum atomic E-state index is 14.9. The van der Waals surface area contributed by atoms with E-state index in [1.54, 1.807) is 36.8 Å². The van der Waals surface area contributed by atoms with E-state index in [1.807, 2.05) is 27.8 Å². The highest BCUT2D eigenvalue weighted by Gasteiger charge is 2.25. The Hall–Kier alpha value is -4.65. The maximum Gasteiger partial charge on any atom is 0.169 e. The highest BCUT2D eigenvalue weighted by Crippen LogP contribution is 2.33. The lowest BCUT2D eigenvalue weighted by Gasteiger charge is -2.29. The number of nitrogen functional groups attached to an aromatic ring is 1. The molecule has 1 aromatic carbocycles. The van der Waals surface area contributed by atoms with Gasteiger partial charge in [0.05, 0.1) is 36.1 Å². The molecule has 4 heterocycles. The predicted molar refractivity (Wildman–Crippen MR) is 140 cm³/mol. The Kier molecular flexibility index (Phi) is 6.85. The first-order chi connectivity index (χ1) is 18.0. The molecule has 0 spiro atoms. The van der Waals surface area contributed by atoms with E-state index < -0.39 is 0 Å². The summed E-state index contributed by atoms with van der Waals surface area (Å²) < 4.78 is 16.8. The lowest BCUT2D eigenvalue weighted by atomic mass is 10.1. The van der Waals surface area contributed by atoms with Crippen molar-refractivity contribution in [2.24, 2.45) is 0 Å². The lowest BCUT2D eigenvalue weighted by molar-refractivity contribution is 0.477. The van der Waals surface area contributed by atoms with Crippen molar-refractivity contribution in [2.45, 2.75) is 25.9 Å². The summed E-state index contributed by atoms with van der Waals surface area (Å²) >= 11 is 0. The Morgan fingerprint density at radius 3 is 2.81 bits per heavy atom. The predicted octanol–water partition coefficient (Wildman–Crippen LogP) is 3.32. The fourth-order valence-corrected chi connectivity index (χ4v) is 4.44. The Labute approximate surface area is 214 Å². The number of nitrogens with two attached hydrogens (primary N) is 1. The first-order valence-electron chi connectivity index (χ1n) is 12.0. The van der Waals surface area contributed by atoms with Crippen LogP contribution in [0, 0.1) is 17.7 Å². The summed E-state index contributed by atoms with van der Waals surface area (Å²) in [4.78, 5) is 12.3. The molecule has 0 radical (unpaired) electrons. The first-order valence-corrected chi connectivity index (χ1v) is 12.0. The molecule has 37 heavy (non-hydrogen) atoms. The van der Waals surface area contributed by atoms with Gasteiger partial charge in [-0.25, -0.2) is 14.4 Å². The largest absolute Gasteiger partial charge is 0.507 e. The number of aromatic nitrogens is 5. The standard InChI is InChI=1S/C27H27FN8O/c1-19-8-11-35(25-16-23(32-33-27(25)29)21-6-2-3-7-26(21)37)13-14-36(19)24-15-20(31-17-22(24)28)5-4-10-34-12-9-30-18-34/h2-3,6-7,9,12,15-19,37H,8,10-11,13-14H2,1H3,(H2,29,33)/t19-/m0/s1. The lowest BCUT2D eigenvalue weighted by Crippen LogP contribution is -2.35. The minimum absolute atomic E-state index is 0.0716. The van der Waals surface area contributed by atoms with Crippen LogP contribution in [0.1, 0.15) is 19.0 Å². The van der Waals surface area contributed by atoms with Gasteiger partial charge >= 0.3 is 0 Å². The van der Waals surface area contributed by atoms with Gasteiger partial charge in [0, 0.05) is 43.6 Å². The number of imidazole rings is 1. The molecular weight excluding hydrogens is 471 g/mol. The van der Waals surface area contributed by atoms with Crippen LogP contribution in [0.25, 0.3) is 11.3 Å². The molecule has 4 aromatic rings. The number of hydrogen-bond donors (Lipinski definition) is 2. The van der Waals surface area contributed by atoms with Crippen molar-refractivity contribution < 1.29 is 9.50 Å². The van der Waals surface area contributed by atoms with E-state index in [0.717, 1.165) is 12.1 Å². The van der Waals surface area contributed by atoms with E-state index in [1.165, 1.54) is 6.20 Å². The van der Waals surface area contributed by atoms with Gasteiger partial charge in [0.2, 0.25) is 0 Å². The number of aromatic hydroxyl groups is 1. The fourth-order valence-electron chi connectivity index (χ4n) is 4.44. The van der Waals surface area contributed by atoms with Crippen molar-refractivity contribution in [3.05, 3.63) is 72.8 Å². The average Bonchev–Trinajstić information content (AvgIpc) is 3.34. The molecule has 0 saturated carbocycles. The molecule has 3 aromatic heterocycles. The minimum atomic E-state index is -0.382. The third-order valence-electron chi connectivity index (χ3n) is 6.46. The van der Waals surface area contributed by atoms with Gasteiger partial charge in [0.1, 0.15) is 11.4 Å². The quantitative estimate of drug-likeness (QED) is 0.413. The molecule has 5 rings (SSSR count). The summed E-state index contributed by atoms with van der Waals surface area (Å²) in [6, 6.07) is 10.6. The normalized spacial score (nSPS) is 15.7. The molecule has 0 aliphatic carbocycles. The summed E-state index contributed by atoms with van der Waals surface area (Å²) in [7, 11) is 0. The fraction of sp³-hybridized carbons (Fsp3) is 0.259. The second-order valence-electron chi connectivity index (χ2n) is 8.89. The monoisotopic (exact) mass is 498 g/mol. The summed E-state index contributed by atoms with van der Waals surface area (Å²) in [5.41, 5.74) is 9.07. The van der Waals surface area contributed by atoms with E-state index in [4.69, 9.17) is 5.73 Å². The first kappa shape index (κ1) is 24.1. The molecule has 1 saturated heterocycles. The Bertz CT molecular complexity index is 1450. The smallest absolute Gasteiger partial charge is 0.169 e. The van der Waals surface area contributed by atoms with E-state index in [9.17, 15) is 9.50 Å². The number of para-hydroxylation sites is 1. The Balaban J connectivity index is 1.36. The molecule has 1 aliphatic rings. The summed E-state index contributed by atoms with van der Waals surface area (Å²) in [5, 5.41) is 18.6. The highest BCUT2D eigenvalue weighted by atomic mass is 19.1. The van der Waals surface area contributed by atoms with E-state index in [0.29, 0.717) is 54.6 Å². The number of phenols is 1. The van der Waals surface area contributed by atoms with Crippen molar-refractivity contribution in [1.82, 2.24) is 24.7 Å². The number of anilines is 3. The van der Waals surface area contributed by atoms with E-state index >= 15 is 0 Å². The summed E-state index contributed by atoms with van der Waals surface area (Å²) in [6.07, 6.45) is 7.23. The topological polar surface area (TPSA) is 109 Å². The number of hydrogen-bond acceptors (Lipinski definition) is 8. The van der Waals surface area contributed by atoms with Crippen LogP contribution < -0.4 is 15.5 Å². The van der Waals surface area contributed by atoms with E-state index in [2.05, 4.69) is 43.8 Å². The number of halogens is 1. The Morgan fingerprint density at radius 2 is 2.00 bits per heavy atom. The molecule has 1 fully saturated rings. The molecule has 10 heteroatoms. The molecule has 0 bridgehead atoms. The van der Waals surface area contributed by atoms with Gasteiger partial charge in [-0.2, -0.15) is 0 Å². The van der Waals surface area contributed by atoms with Gasteiger partial charge < -0.3 is 25.2 Å². The van der Waals surface area contributed by atoms with E-state index in [-0.39, 0.29) is 17.6 Å². The SMILES string of the molecule is C[C@H]1CCN(c2cc(-c3ccccc3O)nnc2N)CCN1c1cc(C#CCn2ccnc2)ncc1F. The van der Waals surface area contributed by atoms with Crippen molar-refractivity contribution in [3.63, 3.8) is 0 Å². The van der Waals surface area contributed by atoms with Crippen LogP contribution in [0.5, 0.6) is 5.75 Å². The highest BCUT2D eigenvalue weighted by molar-refractivity contribution is 5.74. The molecular formula is C27H27FN8O. The van der Waals surface area contributed by atoms with Crippen LogP contribution in [-0.2, 0) is 6.54 Å². The number of nitrogens with zero attached hydrogens (tertiary/aromatic N) is 7. The molecule has 9 nitrogen and oxygen atoms in total. The van der Waals surface area contributed by atoms with Crippen LogP contribution in [-0.4, -0.2) is 55.5 Å².